The molecule has 0 spiro atoms. The molecule has 0 unspecified atom stereocenters. The molecule has 17 heavy (non-hydrogen) atoms. The summed E-state index contributed by atoms with van der Waals surface area (Å²) in [6.07, 6.45) is 13.5. The van der Waals surface area contributed by atoms with Gasteiger partial charge in [-0.1, -0.05) is 39.0 Å². The van der Waals surface area contributed by atoms with Crippen LogP contribution < -0.4 is 5.32 Å². The molecule has 1 fully saturated rings. The van der Waals surface area contributed by atoms with Gasteiger partial charge >= 0.3 is 0 Å². The minimum Gasteiger partial charge on any atom is -0.316 e. The summed E-state index contributed by atoms with van der Waals surface area (Å²) >= 11 is 6.11. The fraction of sp³-hybridized carbons (Fsp3) is 1.00. The van der Waals surface area contributed by atoms with E-state index in [-0.39, 0.29) is 0 Å². The first kappa shape index (κ1) is 15.3. The predicted molar refractivity (Wildman–Crippen MR) is 77.8 cm³/mol. The van der Waals surface area contributed by atoms with E-state index in [4.69, 9.17) is 11.6 Å². The highest BCUT2D eigenvalue weighted by molar-refractivity contribution is 6.20. The van der Waals surface area contributed by atoms with E-state index in [2.05, 4.69) is 12.2 Å². The van der Waals surface area contributed by atoms with E-state index in [1.54, 1.807) is 0 Å². The Bertz CT molecular complexity index is 164. The highest BCUT2D eigenvalue weighted by Gasteiger charge is 2.18. The molecule has 0 heterocycles. The molecule has 0 aliphatic heterocycles. The van der Waals surface area contributed by atoms with Gasteiger partial charge in [0.2, 0.25) is 0 Å². The first-order valence-corrected chi connectivity index (χ1v) is 8.11. The predicted octanol–water partition coefficient (Wildman–Crippen LogP) is 4.73. The largest absolute Gasteiger partial charge is 0.316 e. The summed E-state index contributed by atoms with van der Waals surface area (Å²) < 4.78 is 0. The van der Waals surface area contributed by atoms with Gasteiger partial charge in [0.1, 0.15) is 0 Å². The van der Waals surface area contributed by atoms with Crippen LogP contribution in [0, 0.1) is 5.92 Å². The lowest BCUT2D eigenvalue weighted by molar-refractivity contribution is 0.345. The average molecular weight is 260 g/mol. The summed E-state index contributed by atoms with van der Waals surface area (Å²) in [7, 11) is 0. The van der Waals surface area contributed by atoms with E-state index in [1.165, 1.54) is 77.3 Å². The molecule has 0 aromatic carbocycles. The molecule has 0 bridgehead atoms. The van der Waals surface area contributed by atoms with Gasteiger partial charge in [0.25, 0.3) is 0 Å². The third kappa shape index (κ3) is 8.05. The molecule has 0 atom stereocenters. The zero-order chi connectivity index (χ0) is 12.3. The van der Waals surface area contributed by atoms with Crippen LogP contribution in [0.25, 0.3) is 0 Å². The normalized spacial score (nSPS) is 25.1. The molecule has 1 saturated carbocycles. The Morgan fingerprint density at radius 2 is 1.59 bits per heavy atom. The summed E-state index contributed by atoms with van der Waals surface area (Å²) in [4.78, 5) is 0. The molecule has 0 aromatic rings. The van der Waals surface area contributed by atoms with Gasteiger partial charge in [0.15, 0.2) is 0 Å². The topological polar surface area (TPSA) is 12.0 Å². The van der Waals surface area contributed by atoms with Crippen molar-refractivity contribution in [1.82, 2.24) is 5.32 Å². The summed E-state index contributed by atoms with van der Waals surface area (Å²) in [5, 5.41) is 4.08. The first-order chi connectivity index (χ1) is 8.33. The van der Waals surface area contributed by atoms with Crippen molar-refractivity contribution in [2.75, 3.05) is 13.1 Å². The fourth-order valence-corrected chi connectivity index (χ4v) is 2.91. The Kier molecular flexibility index (Phi) is 9.18. The maximum atomic E-state index is 6.11. The molecule has 1 aliphatic carbocycles. The second-order valence-electron chi connectivity index (χ2n) is 5.59. The lowest BCUT2D eigenvalue weighted by atomic mass is 9.89. The van der Waals surface area contributed by atoms with Crippen molar-refractivity contribution >= 4 is 11.6 Å². The van der Waals surface area contributed by atoms with Crippen molar-refractivity contribution in [2.24, 2.45) is 5.92 Å². The maximum absolute atomic E-state index is 6.11. The molecule has 102 valence electrons. The van der Waals surface area contributed by atoms with Gasteiger partial charge in [0, 0.05) is 5.38 Å². The van der Waals surface area contributed by atoms with Crippen LogP contribution in [-0.4, -0.2) is 18.5 Å². The summed E-state index contributed by atoms with van der Waals surface area (Å²) in [5.74, 6) is 0.894. The van der Waals surface area contributed by atoms with Gasteiger partial charge in [-0.3, -0.25) is 0 Å². The molecule has 1 nitrogen and oxygen atoms in total. The van der Waals surface area contributed by atoms with Crippen molar-refractivity contribution in [3.05, 3.63) is 0 Å². The summed E-state index contributed by atoms with van der Waals surface area (Å²) in [5.41, 5.74) is 0. The van der Waals surface area contributed by atoms with Gasteiger partial charge in [-0.05, 0) is 51.1 Å². The molecular weight excluding hydrogens is 230 g/mol. The summed E-state index contributed by atoms with van der Waals surface area (Å²) in [6, 6.07) is 0. The summed E-state index contributed by atoms with van der Waals surface area (Å²) in [6.45, 7) is 4.71. The molecule has 0 saturated heterocycles. The van der Waals surface area contributed by atoms with Crippen LogP contribution >= 0.6 is 11.6 Å². The van der Waals surface area contributed by atoms with E-state index >= 15 is 0 Å². The van der Waals surface area contributed by atoms with Crippen LogP contribution in [0.3, 0.4) is 0 Å². The Labute approximate surface area is 113 Å². The third-order valence-corrected chi connectivity index (χ3v) is 4.35. The SMILES string of the molecule is CCCCCCCCNCC1CCC(Cl)CC1. The van der Waals surface area contributed by atoms with Gasteiger partial charge in [-0.25, -0.2) is 0 Å². The van der Waals surface area contributed by atoms with E-state index in [0.717, 1.165) is 5.92 Å². The molecule has 1 aliphatic rings. The Hall–Kier alpha value is 0.250. The smallest absolute Gasteiger partial charge is 0.0336 e. The molecule has 1 N–H and O–H groups in total. The zero-order valence-electron chi connectivity index (χ0n) is 11.5. The number of hydrogen-bond acceptors (Lipinski definition) is 1. The zero-order valence-corrected chi connectivity index (χ0v) is 12.3. The minimum absolute atomic E-state index is 0.463. The van der Waals surface area contributed by atoms with Crippen molar-refractivity contribution < 1.29 is 0 Å². The van der Waals surface area contributed by atoms with E-state index in [9.17, 15) is 0 Å². The van der Waals surface area contributed by atoms with Crippen molar-refractivity contribution in [2.45, 2.75) is 76.5 Å². The van der Waals surface area contributed by atoms with Gasteiger partial charge in [-0.15, -0.1) is 11.6 Å². The standard InChI is InChI=1S/C15H30ClN/c1-2-3-4-5-6-7-12-17-13-14-8-10-15(16)11-9-14/h14-15,17H,2-13H2,1H3. The van der Waals surface area contributed by atoms with Gasteiger partial charge in [-0.2, -0.15) is 0 Å². The lowest BCUT2D eigenvalue weighted by Crippen LogP contribution is -2.27. The highest BCUT2D eigenvalue weighted by atomic mass is 35.5. The third-order valence-electron chi connectivity index (χ3n) is 3.92. The first-order valence-electron chi connectivity index (χ1n) is 7.67. The van der Waals surface area contributed by atoms with Crippen molar-refractivity contribution in [3.63, 3.8) is 0 Å². The second kappa shape index (κ2) is 10.2. The average Bonchev–Trinajstić information content (AvgIpc) is 2.35. The monoisotopic (exact) mass is 259 g/mol. The number of alkyl halides is 1. The number of halogens is 1. The van der Waals surface area contributed by atoms with Crippen molar-refractivity contribution in [1.29, 1.82) is 0 Å². The molecule has 2 heteroatoms. The quantitative estimate of drug-likeness (QED) is 0.466. The molecule has 0 amide bonds. The number of unbranched alkanes of at least 4 members (excludes halogenated alkanes) is 5. The van der Waals surface area contributed by atoms with Crippen LogP contribution in [0.4, 0.5) is 0 Å². The number of nitrogens with one attached hydrogen (secondary N) is 1. The minimum atomic E-state index is 0.463. The van der Waals surface area contributed by atoms with Crippen LogP contribution in [0.5, 0.6) is 0 Å². The molecule has 0 radical (unpaired) electrons. The molecular formula is C15H30ClN. The van der Waals surface area contributed by atoms with E-state index in [1.807, 2.05) is 0 Å². The van der Waals surface area contributed by atoms with Crippen LogP contribution in [0.15, 0.2) is 0 Å². The van der Waals surface area contributed by atoms with E-state index < -0.39 is 0 Å². The fourth-order valence-electron chi connectivity index (χ4n) is 2.66. The number of hydrogen-bond donors (Lipinski definition) is 1. The lowest BCUT2D eigenvalue weighted by Gasteiger charge is -2.25. The second-order valence-corrected chi connectivity index (χ2v) is 6.21. The maximum Gasteiger partial charge on any atom is 0.0336 e. The molecule has 0 aromatic heterocycles. The Morgan fingerprint density at radius 3 is 2.29 bits per heavy atom. The van der Waals surface area contributed by atoms with E-state index in [0.29, 0.717) is 5.38 Å². The van der Waals surface area contributed by atoms with Crippen molar-refractivity contribution in [3.8, 4) is 0 Å². The highest BCUT2D eigenvalue weighted by Crippen LogP contribution is 2.26. The van der Waals surface area contributed by atoms with Crippen LogP contribution in [0.2, 0.25) is 0 Å². The van der Waals surface area contributed by atoms with Gasteiger partial charge < -0.3 is 5.32 Å². The Morgan fingerprint density at radius 1 is 0.941 bits per heavy atom. The van der Waals surface area contributed by atoms with Gasteiger partial charge in [0.05, 0.1) is 0 Å². The number of rotatable bonds is 9. The Balaban J connectivity index is 1.81. The van der Waals surface area contributed by atoms with Crippen LogP contribution in [-0.2, 0) is 0 Å². The van der Waals surface area contributed by atoms with Crippen LogP contribution in [0.1, 0.15) is 71.1 Å². The molecule has 1 rings (SSSR count).